The van der Waals surface area contributed by atoms with Crippen LogP contribution >= 0.6 is 41.5 Å². The minimum absolute atomic E-state index is 0.0496. The van der Waals surface area contributed by atoms with Crippen LogP contribution in [0.2, 0.25) is 0 Å². The third-order valence-electron chi connectivity index (χ3n) is 1.67. The highest BCUT2D eigenvalue weighted by atomic mass is 127. The first-order valence-corrected chi connectivity index (χ1v) is 10.3. The van der Waals surface area contributed by atoms with Crippen molar-refractivity contribution in [3.63, 3.8) is 0 Å². The Kier molecular flexibility index (Phi) is 4.85. The van der Waals surface area contributed by atoms with Gasteiger partial charge >= 0.3 is 0 Å². The largest absolute Gasteiger partial charge is 0.285 e. The molecular formula is C8H12I2O3S. The second-order valence-corrected chi connectivity index (χ2v) is 9.35. The van der Waals surface area contributed by atoms with Crippen LogP contribution < -0.4 is 0 Å². The van der Waals surface area contributed by atoms with Gasteiger partial charge in [-0.05, 0) is 18.1 Å². The molecule has 0 aliphatic carbocycles. The van der Waals surface area contributed by atoms with Crippen molar-refractivity contribution in [2.24, 2.45) is 5.92 Å². The zero-order valence-corrected chi connectivity index (χ0v) is 12.9. The van der Waals surface area contributed by atoms with Gasteiger partial charge < -0.3 is 0 Å². The lowest BCUT2D eigenvalue weighted by Crippen LogP contribution is -2.34. The van der Waals surface area contributed by atoms with Crippen molar-refractivity contribution in [1.82, 2.24) is 0 Å². The molecule has 6 heteroatoms. The van der Waals surface area contributed by atoms with Crippen LogP contribution in [0.1, 0.15) is 13.8 Å². The van der Waals surface area contributed by atoms with Crippen LogP contribution in [0.15, 0.2) is 8.17 Å². The molecule has 1 aliphatic rings. The number of hydrogen-bond donors (Lipinski definition) is 1. The molecule has 1 rings (SSSR count). The summed E-state index contributed by atoms with van der Waals surface area (Å²) in [6.45, 7) is 3.67. The number of hydrogen-bond acceptors (Lipinski definition) is 2. The lowest BCUT2D eigenvalue weighted by Gasteiger charge is -2.18. The predicted octanol–water partition coefficient (Wildman–Crippen LogP) is 2.30. The minimum Gasteiger partial charge on any atom is -0.285 e. The summed E-state index contributed by atoms with van der Waals surface area (Å²) >= 11 is -0.446. The SMILES string of the molecule is CC(C)C(C1=IC=CI=C1)S(=O)(=O)O. The van der Waals surface area contributed by atoms with Crippen LogP contribution in [0.3, 0.4) is 0 Å². The normalized spacial score (nSPS) is 19.6. The second kappa shape index (κ2) is 5.26. The fraction of sp³-hybridized carbons (Fsp3) is 0.500. The van der Waals surface area contributed by atoms with Crippen LogP contribution in [-0.2, 0) is 10.1 Å². The molecule has 0 aromatic carbocycles. The second-order valence-electron chi connectivity index (χ2n) is 3.16. The number of rotatable bonds is 3. The van der Waals surface area contributed by atoms with Crippen molar-refractivity contribution >= 4 is 59.1 Å². The Morgan fingerprint density at radius 2 is 2.00 bits per heavy atom. The molecule has 1 atom stereocenters. The van der Waals surface area contributed by atoms with E-state index in [9.17, 15) is 8.42 Å². The standard InChI is InChI=1S/C8H12I2O3S/c1-6(2)8(14(11,12)13)7-5-9-3-4-10-7/h3-6,8H,1-2H3,(H,11,12,13). The fourth-order valence-electron chi connectivity index (χ4n) is 1.17. The Hall–Kier alpha value is 0.850. The Morgan fingerprint density at radius 3 is 2.36 bits per heavy atom. The highest BCUT2D eigenvalue weighted by Crippen LogP contribution is 2.23. The van der Waals surface area contributed by atoms with E-state index in [0.717, 1.165) is 3.51 Å². The van der Waals surface area contributed by atoms with Gasteiger partial charge in [-0.2, -0.15) is 8.42 Å². The topological polar surface area (TPSA) is 54.4 Å². The summed E-state index contributed by atoms with van der Waals surface area (Å²) in [5.41, 5.74) is 0. The summed E-state index contributed by atoms with van der Waals surface area (Å²) in [7, 11) is -3.92. The van der Waals surface area contributed by atoms with Crippen molar-refractivity contribution in [1.29, 1.82) is 0 Å². The van der Waals surface area contributed by atoms with Gasteiger partial charge in [0.2, 0.25) is 0 Å². The summed E-state index contributed by atoms with van der Waals surface area (Å²) in [6.07, 6.45) is 0. The van der Waals surface area contributed by atoms with Crippen molar-refractivity contribution in [2.75, 3.05) is 0 Å². The molecule has 1 aliphatic heterocycles. The van der Waals surface area contributed by atoms with E-state index in [2.05, 4.69) is 8.17 Å². The molecule has 0 saturated heterocycles. The van der Waals surface area contributed by atoms with Gasteiger partial charge in [0.25, 0.3) is 10.1 Å². The van der Waals surface area contributed by atoms with Gasteiger partial charge in [0.1, 0.15) is 5.25 Å². The molecule has 0 bridgehead atoms. The molecule has 0 saturated carbocycles. The van der Waals surface area contributed by atoms with Crippen LogP contribution in [-0.4, -0.2) is 25.7 Å². The van der Waals surface area contributed by atoms with E-state index in [-0.39, 0.29) is 47.4 Å². The van der Waals surface area contributed by atoms with Crippen LogP contribution in [0, 0.1) is 5.92 Å². The average Bonchev–Trinajstić information content (AvgIpc) is 2.02. The Morgan fingerprint density at radius 1 is 1.36 bits per heavy atom. The summed E-state index contributed by atoms with van der Waals surface area (Å²) in [5.74, 6) is -0.0496. The van der Waals surface area contributed by atoms with Crippen molar-refractivity contribution in [2.45, 2.75) is 19.1 Å². The third-order valence-corrected chi connectivity index (χ3v) is 10.3. The molecule has 14 heavy (non-hydrogen) atoms. The maximum atomic E-state index is 11.2. The number of halogens is 2. The third kappa shape index (κ3) is 3.46. The zero-order valence-electron chi connectivity index (χ0n) is 7.81. The molecule has 82 valence electrons. The van der Waals surface area contributed by atoms with E-state index < -0.39 is 15.4 Å². The van der Waals surface area contributed by atoms with E-state index in [0.29, 0.717) is 0 Å². The van der Waals surface area contributed by atoms with E-state index in [1.807, 2.05) is 17.9 Å². The highest BCUT2D eigenvalue weighted by Gasteiger charge is 2.29. The van der Waals surface area contributed by atoms with Crippen molar-refractivity contribution in [3.05, 3.63) is 8.17 Å². The maximum Gasteiger partial charge on any atom is 0.272 e. The monoisotopic (exact) mass is 442 g/mol. The van der Waals surface area contributed by atoms with E-state index in [1.54, 1.807) is 0 Å². The van der Waals surface area contributed by atoms with Crippen molar-refractivity contribution in [3.8, 4) is 0 Å². The maximum absolute atomic E-state index is 11.2. The van der Waals surface area contributed by atoms with Gasteiger partial charge in [0.15, 0.2) is 0 Å². The summed E-state index contributed by atoms with van der Waals surface area (Å²) in [4.78, 5) is 0. The smallest absolute Gasteiger partial charge is 0.272 e. The first kappa shape index (κ1) is 12.9. The zero-order chi connectivity index (χ0) is 10.8. The molecule has 0 aromatic rings. The van der Waals surface area contributed by atoms with E-state index >= 15 is 0 Å². The molecule has 1 heterocycles. The summed E-state index contributed by atoms with van der Waals surface area (Å²) in [5, 5.41) is -0.667. The van der Waals surface area contributed by atoms with Crippen LogP contribution in [0.4, 0.5) is 0 Å². The molecule has 0 fully saturated rings. The first-order chi connectivity index (χ1) is 6.43. The van der Waals surface area contributed by atoms with Gasteiger partial charge in [0, 0.05) is 3.51 Å². The predicted molar refractivity (Wildman–Crippen MR) is 78.4 cm³/mol. The molecule has 1 N–H and O–H groups in total. The lowest BCUT2D eigenvalue weighted by atomic mass is 10.1. The quantitative estimate of drug-likeness (QED) is 0.540. The van der Waals surface area contributed by atoms with Crippen molar-refractivity contribution < 1.29 is 13.0 Å². The molecule has 3 nitrogen and oxygen atoms in total. The molecule has 1 unspecified atom stereocenters. The summed E-state index contributed by atoms with van der Waals surface area (Å²) in [6, 6.07) is 0. The molecule has 0 amide bonds. The highest BCUT2D eigenvalue weighted by molar-refractivity contribution is 14.2. The lowest BCUT2D eigenvalue weighted by molar-refractivity contribution is 0.464. The van der Waals surface area contributed by atoms with Gasteiger partial charge in [-0.25, -0.2) is 0 Å². The molecular weight excluding hydrogens is 430 g/mol. The average molecular weight is 442 g/mol. The van der Waals surface area contributed by atoms with Gasteiger partial charge in [0.05, 0.1) is 0 Å². The van der Waals surface area contributed by atoms with Crippen LogP contribution in [0.25, 0.3) is 0 Å². The molecule has 0 radical (unpaired) electrons. The first-order valence-electron chi connectivity index (χ1n) is 3.99. The van der Waals surface area contributed by atoms with Gasteiger partial charge in [-0.1, -0.05) is 55.3 Å². The van der Waals surface area contributed by atoms with E-state index in [1.165, 1.54) is 0 Å². The van der Waals surface area contributed by atoms with E-state index in [4.69, 9.17) is 4.55 Å². The van der Waals surface area contributed by atoms with Gasteiger partial charge in [-0.3, -0.25) is 4.55 Å². The molecule has 0 aromatic heterocycles. The Labute approximate surface area is 104 Å². The Bertz CT molecular complexity index is 393. The Balaban J connectivity index is 3.08. The van der Waals surface area contributed by atoms with Gasteiger partial charge in [-0.15, -0.1) is 0 Å². The minimum atomic E-state index is -3.92. The fourth-order valence-corrected chi connectivity index (χ4v) is 10.4. The molecule has 0 spiro atoms. The summed E-state index contributed by atoms with van der Waals surface area (Å²) < 4.78 is 38.8. The van der Waals surface area contributed by atoms with Crippen LogP contribution in [0.5, 0.6) is 0 Å².